The summed E-state index contributed by atoms with van der Waals surface area (Å²) in [4.78, 5) is 29.6. The molecule has 0 saturated carbocycles. The molecule has 0 saturated heterocycles. The summed E-state index contributed by atoms with van der Waals surface area (Å²) in [5, 5.41) is 10.9. The van der Waals surface area contributed by atoms with Crippen LogP contribution >= 0.6 is 0 Å². The van der Waals surface area contributed by atoms with Crippen molar-refractivity contribution in [2.75, 3.05) is 5.32 Å². The second-order valence-electron chi connectivity index (χ2n) is 6.05. The van der Waals surface area contributed by atoms with E-state index >= 15 is 0 Å². The molecule has 2 aromatic carbocycles. The van der Waals surface area contributed by atoms with Gasteiger partial charge in [0.1, 0.15) is 5.69 Å². The van der Waals surface area contributed by atoms with Crippen LogP contribution in [0.2, 0.25) is 0 Å². The highest BCUT2D eigenvalue weighted by atomic mass is 16.2. The minimum absolute atomic E-state index is 0.124. The Hall–Kier alpha value is -3.80. The molecule has 0 unspecified atom stereocenters. The summed E-state index contributed by atoms with van der Waals surface area (Å²) in [6.45, 7) is 0. The number of nitrogens with one attached hydrogen (secondary N) is 2. The molecule has 0 atom stereocenters. The van der Waals surface area contributed by atoms with E-state index in [0.717, 1.165) is 22.2 Å². The van der Waals surface area contributed by atoms with E-state index in [4.69, 9.17) is 0 Å². The highest BCUT2D eigenvalue weighted by Crippen LogP contribution is 2.40. The van der Waals surface area contributed by atoms with Crippen LogP contribution < -0.4 is 5.32 Å². The van der Waals surface area contributed by atoms with Crippen LogP contribution in [0.1, 0.15) is 26.3 Å². The van der Waals surface area contributed by atoms with E-state index in [2.05, 4.69) is 20.5 Å². The topological polar surface area (TPSA) is 87.7 Å². The molecule has 1 aliphatic carbocycles. The number of anilines is 1. The Kier molecular flexibility index (Phi) is 2.99. The van der Waals surface area contributed by atoms with Crippen LogP contribution in [0.15, 0.2) is 60.9 Å². The number of benzene rings is 2. The molecular weight excluding hydrogens is 328 g/mol. The summed E-state index contributed by atoms with van der Waals surface area (Å²) < 4.78 is 0. The van der Waals surface area contributed by atoms with Gasteiger partial charge in [-0.1, -0.05) is 24.3 Å². The van der Waals surface area contributed by atoms with Crippen molar-refractivity contribution in [1.29, 1.82) is 0 Å². The van der Waals surface area contributed by atoms with Gasteiger partial charge in [0.25, 0.3) is 5.91 Å². The fourth-order valence-electron chi connectivity index (χ4n) is 3.36. The number of H-pyrrole nitrogens is 1. The number of nitrogens with zero attached hydrogens (tertiary/aromatic N) is 2. The van der Waals surface area contributed by atoms with E-state index < -0.39 is 0 Å². The summed E-state index contributed by atoms with van der Waals surface area (Å²) in [5.41, 5.74) is 4.22. The van der Waals surface area contributed by atoms with Gasteiger partial charge in [0.05, 0.1) is 22.3 Å². The monoisotopic (exact) mass is 340 g/mol. The molecule has 0 fully saturated rings. The maximum Gasteiger partial charge on any atom is 0.257 e. The van der Waals surface area contributed by atoms with Crippen molar-refractivity contribution in [3.63, 3.8) is 0 Å². The van der Waals surface area contributed by atoms with E-state index in [-0.39, 0.29) is 11.7 Å². The number of aromatic nitrogens is 3. The normalized spacial score (nSPS) is 12.1. The number of fused-ring (bicyclic) bond motifs is 2. The van der Waals surface area contributed by atoms with Gasteiger partial charge in [-0.25, -0.2) is 0 Å². The third-order valence-corrected chi connectivity index (χ3v) is 4.56. The minimum atomic E-state index is -0.314. The summed E-state index contributed by atoms with van der Waals surface area (Å²) >= 11 is 0. The quantitative estimate of drug-likeness (QED) is 0.515. The molecule has 4 aromatic rings. The van der Waals surface area contributed by atoms with Crippen LogP contribution in [0.25, 0.3) is 22.2 Å². The van der Waals surface area contributed by atoms with Gasteiger partial charge in [-0.05, 0) is 24.3 Å². The van der Waals surface area contributed by atoms with Crippen molar-refractivity contribution in [3.8, 4) is 11.3 Å². The van der Waals surface area contributed by atoms with Gasteiger partial charge in [0, 0.05) is 28.9 Å². The first-order valence-electron chi connectivity index (χ1n) is 8.10. The average molecular weight is 340 g/mol. The smallest absolute Gasteiger partial charge is 0.257 e. The molecule has 124 valence electrons. The van der Waals surface area contributed by atoms with Gasteiger partial charge < -0.3 is 5.32 Å². The maximum absolute atomic E-state index is 13.1. The van der Waals surface area contributed by atoms with E-state index in [1.54, 1.807) is 30.5 Å². The van der Waals surface area contributed by atoms with E-state index in [9.17, 15) is 9.59 Å². The average Bonchev–Trinajstić information content (AvgIpc) is 3.12. The molecule has 0 radical (unpaired) electrons. The summed E-state index contributed by atoms with van der Waals surface area (Å²) in [7, 11) is 0. The van der Waals surface area contributed by atoms with Crippen LogP contribution in [-0.2, 0) is 0 Å². The Morgan fingerprint density at radius 1 is 1.00 bits per heavy atom. The van der Waals surface area contributed by atoms with Crippen molar-refractivity contribution in [3.05, 3.63) is 77.6 Å². The van der Waals surface area contributed by atoms with Crippen LogP contribution in [-0.4, -0.2) is 26.9 Å². The molecule has 5 rings (SSSR count). The molecule has 0 bridgehead atoms. The number of pyridine rings is 1. The van der Waals surface area contributed by atoms with Crippen LogP contribution in [0.5, 0.6) is 0 Å². The Balaban J connectivity index is 1.69. The van der Waals surface area contributed by atoms with Gasteiger partial charge in [0.2, 0.25) is 0 Å². The largest absolute Gasteiger partial charge is 0.321 e. The first-order valence-corrected chi connectivity index (χ1v) is 8.10. The number of hydrogen-bond acceptors (Lipinski definition) is 4. The number of hydrogen-bond donors (Lipinski definition) is 2. The van der Waals surface area contributed by atoms with Gasteiger partial charge in [0.15, 0.2) is 5.78 Å². The number of carbonyl (C=O) groups is 2. The third-order valence-electron chi connectivity index (χ3n) is 4.56. The zero-order valence-electron chi connectivity index (χ0n) is 13.5. The van der Waals surface area contributed by atoms with Gasteiger partial charge in [-0.2, -0.15) is 5.10 Å². The molecule has 6 nitrogen and oxygen atoms in total. The predicted molar refractivity (Wildman–Crippen MR) is 97.2 cm³/mol. The van der Waals surface area contributed by atoms with E-state index in [1.165, 1.54) is 6.20 Å². The SMILES string of the molecule is O=C(Nc1ccc2[nH]nc3c2c1C(=O)c1ccccc1-3)c1cccnc1. The number of rotatable bonds is 2. The molecule has 1 amide bonds. The number of carbonyl (C=O) groups excluding carboxylic acids is 2. The van der Waals surface area contributed by atoms with Crippen molar-refractivity contribution in [1.82, 2.24) is 15.2 Å². The van der Waals surface area contributed by atoms with Crippen molar-refractivity contribution in [2.24, 2.45) is 0 Å². The molecule has 2 N–H and O–H groups in total. The van der Waals surface area contributed by atoms with Gasteiger partial charge >= 0.3 is 0 Å². The van der Waals surface area contributed by atoms with E-state index in [0.29, 0.717) is 22.4 Å². The lowest BCUT2D eigenvalue weighted by Gasteiger charge is -2.18. The zero-order chi connectivity index (χ0) is 17.7. The molecule has 1 aliphatic rings. The van der Waals surface area contributed by atoms with Crippen molar-refractivity contribution >= 4 is 28.3 Å². The standard InChI is InChI=1S/C20H12N4O2/c25-19-13-6-2-1-5-12(13)18-16-15(23-24-18)8-7-14(17(16)19)22-20(26)11-4-3-9-21-10-11/h1-10H,(H,22,26)(H,23,24). The third kappa shape index (κ3) is 1.99. The minimum Gasteiger partial charge on any atom is -0.321 e. The highest BCUT2D eigenvalue weighted by molar-refractivity contribution is 6.28. The fourth-order valence-corrected chi connectivity index (χ4v) is 3.36. The molecule has 26 heavy (non-hydrogen) atoms. The van der Waals surface area contributed by atoms with E-state index in [1.807, 2.05) is 24.3 Å². The van der Waals surface area contributed by atoms with Crippen molar-refractivity contribution in [2.45, 2.75) is 0 Å². The summed E-state index contributed by atoms with van der Waals surface area (Å²) in [6.07, 6.45) is 3.09. The van der Waals surface area contributed by atoms with Gasteiger partial charge in [-0.3, -0.25) is 19.7 Å². The second-order valence-corrected chi connectivity index (χ2v) is 6.05. The predicted octanol–water partition coefficient (Wildman–Crippen LogP) is 3.42. The first-order chi connectivity index (χ1) is 12.7. The van der Waals surface area contributed by atoms with Crippen LogP contribution in [0.3, 0.4) is 0 Å². The van der Waals surface area contributed by atoms with Crippen LogP contribution in [0, 0.1) is 0 Å². The highest BCUT2D eigenvalue weighted by Gasteiger charge is 2.30. The molecule has 0 aliphatic heterocycles. The Labute approximate surface area is 147 Å². The Morgan fingerprint density at radius 3 is 2.65 bits per heavy atom. The molecule has 0 spiro atoms. The lowest BCUT2D eigenvalue weighted by atomic mass is 9.86. The van der Waals surface area contributed by atoms with Crippen LogP contribution in [0.4, 0.5) is 5.69 Å². The number of aromatic amines is 1. The molecule has 2 heterocycles. The number of amides is 1. The lowest BCUT2D eigenvalue weighted by molar-refractivity contribution is 0.102. The Morgan fingerprint density at radius 2 is 1.85 bits per heavy atom. The summed E-state index contributed by atoms with van der Waals surface area (Å²) in [6, 6.07) is 14.3. The first kappa shape index (κ1) is 14.5. The molecule has 2 aromatic heterocycles. The second kappa shape index (κ2) is 5.35. The Bertz CT molecular complexity index is 1200. The van der Waals surface area contributed by atoms with Gasteiger partial charge in [-0.15, -0.1) is 0 Å². The molecular formula is C20H12N4O2. The molecule has 6 heteroatoms. The van der Waals surface area contributed by atoms with Crippen molar-refractivity contribution < 1.29 is 9.59 Å². The maximum atomic E-state index is 13.1. The zero-order valence-corrected chi connectivity index (χ0v) is 13.5. The summed E-state index contributed by atoms with van der Waals surface area (Å²) in [5.74, 6) is -0.438. The fraction of sp³-hybridized carbons (Fsp3) is 0. The number of ketones is 1. The lowest BCUT2D eigenvalue weighted by Crippen LogP contribution is -2.17.